The van der Waals surface area contributed by atoms with E-state index in [9.17, 15) is 39.6 Å². The average Bonchev–Trinajstić information content (AvgIpc) is 3.17. The number of nitrogens with one attached hydrogen (secondary N) is 2. The first-order valence-corrected chi connectivity index (χ1v) is 18.2. The molecule has 2 unspecified atom stereocenters. The summed E-state index contributed by atoms with van der Waals surface area (Å²) in [7, 11) is 0. The Balaban J connectivity index is 0.000000240. The van der Waals surface area contributed by atoms with E-state index >= 15 is 0 Å². The van der Waals surface area contributed by atoms with E-state index in [0.717, 1.165) is 36.8 Å². The van der Waals surface area contributed by atoms with E-state index in [-0.39, 0.29) is 62.0 Å². The molecule has 10 nitrogen and oxygen atoms in total. The number of benzene rings is 4. The number of unbranched alkanes of at least 4 members (excludes halogenated alkanes) is 2. The van der Waals surface area contributed by atoms with Gasteiger partial charge in [-0.05, 0) is 63.0 Å². The molecule has 2 aliphatic carbocycles. The molecule has 0 saturated carbocycles. The summed E-state index contributed by atoms with van der Waals surface area (Å²) in [5, 5.41) is 53.3. The molecule has 0 amide bonds. The Morgan fingerprint density at radius 1 is 0.545 bits per heavy atom. The third-order valence-electron chi connectivity index (χ3n) is 9.55. The average molecular weight is 792 g/mol. The molecule has 0 heterocycles. The number of fused-ring (bicyclic) bond motifs is 2. The van der Waals surface area contributed by atoms with E-state index in [0.29, 0.717) is 24.2 Å². The second-order valence-electron chi connectivity index (χ2n) is 13.5. The Morgan fingerprint density at radius 2 is 0.891 bits per heavy atom. The molecule has 0 fully saturated rings. The van der Waals surface area contributed by atoms with Gasteiger partial charge in [0.15, 0.2) is 0 Å². The summed E-state index contributed by atoms with van der Waals surface area (Å²) < 4.78 is 0. The quantitative estimate of drug-likeness (QED) is 0.0833. The normalized spacial score (nSPS) is 14.8. The third-order valence-corrected chi connectivity index (χ3v) is 9.55. The zero-order valence-corrected chi connectivity index (χ0v) is 32.1. The standard InChI is InChI=1S/2C22H23NO4.Cu/c2*1-3-4-11-23-19(16-12-13(2)9-10-17(16)24)18-20(25)14-7-5-6-8-15(14)21(26)22(18)27;/h2*5-10,12,19,23-25H,3-4,11H2,1-2H3;/q;;+2/p-2. The number of aromatic hydroxyl groups is 2. The zero-order valence-electron chi connectivity index (χ0n) is 31.1. The van der Waals surface area contributed by atoms with Crippen LogP contribution in [0.1, 0.15) is 106 Å². The van der Waals surface area contributed by atoms with E-state index in [1.807, 2.05) is 27.7 Å². The van der Waals surface area contributed by atoms with Gasteiger partial charge >= 0.3 is 17.1 Å². The Morgan fingerprint density at radius 3 is 1.24 bits per heavy atom. The van der Waals surface area contributed by atoms with Gasteiger partial charge in [0.05, 0.1) is 12.1 Å². The van der Waals surface area contributed by atoms with Gasteiger partial charge in [0.1, 0.15) is 11.5 Å². The van der Waals surface area contributed by atoms with Crippen LogP contribution in [0.25, 0.3) is 11.5 Å². The molecule has 55 heavy (non-hydrogen) atoms. The number of rotatable bonds is 12. The first-order valence-electron chi connectivity index (χ1n) is 18.2. The number of carbonyl (C=O) groups is 4. The topological polar surface area (TPSA) is 179 Å². The first kappa shape index (κ1) is 42.4. The number of hydrogen-bond donors (Lipinski definition) is 4. The van der Waals surface area contributed by atoms with Gasteiger partial charge in [-0.1, -0.05) is 122 Å². The van der Waals surface area contributed by atoms with Crippen LogP contribution in [0.3, 0.4) is 0 Å². The number of phenols is 2. The van der Waals surface area contributed by atoms with Gasteiger partial charge in [-0.2, -0.15) is 0 Å². The van der Waals surface area contributed by atoms with Crippen molar-refractivity contribution in [1.82, 2.24) is 10.6 Å². The molecule has 289 valence electrons. The smallest absolute Gasteiger partial charge is 0.872 e. The maximum Gasteiger partial charge on any atom is 2.00 e. The second kappa shape index (κ2) is 18.8. The molecule has 0 spiro atoms. The van der Waals surface area contributed by atoms with Crippen molar-refractivity contribution in [3.63, 3.8) is 0 Å². The van der Waals surface area contributed by atoms with Crippen molar-refractivity contribution in [1.29, 1.82) is 0 Å². The minimum absolute atomic E-state index is 0. The fraction of sp³-hybridized carbons (Fsp3) is 0.273. The van der Waals surface area contributed by atoms with Crippen molar-refractivity contribution >= 4 is 34.7 Å². The molecule has 0 saturated heterocycles. The van der Waals surface area contributed by atoms with Crippen LogP contribution < -0.4 is 20.8 Å². The fourth-order valence-corrected chi connectivity index (χ4v) is 6.66. The Kier molecular flexibility index (Phi) is 14.5. The first-order chi connectivity index (χ1) is 25.9. The van der Waals surface area contributed by atoms with Crippen molar-refractivity contribution in [2.45, 2.75) is 65.5 Å². The van der Waals surface area contributed by atoms with Gasteiger partial charge < -0.3 is 31.1 Å². The number of aryl methyl sites for hydroxylation is 2. The van der Waals surface area contributed by atoms with Gasteiger partial charge in [0, 0.05) is 33.4 Å². The maximum absolute atomic E-state index is 13.1. The molecule has 2 aliphatic rings. The molecule has 6 rings (SSSR count). The third kappa shape index (κ3) is 8.98. The summed E-state index contributed by atoms with van der Waals surface area (Å²) in [4.78, 5) is 50.8. The molecule has 0 aliphatic heterocycles. The molecule has 2 atom stereocenters. The van der Waals surface area contributed by atoms with Crippen LogP contribution in [0.2, 0.25) is 0 Å². The Bertz CT molecular complexity index is 2020. The monoisotopic (exact) mass is 791 g/mol. The van der Waals surface area contributed by atoms with Crippen molar-refractivity contribution < 1.29 is 56.7 Å². The molecule has 0 bridgehead atoms. The molecule has 11 heteroatoms. The summed E-state index contributed by atoms with van der Waals surface area (Å²) in [5.74, 6) is -3.97. The summed E-state index contributed by atoms with van der Waals surface area (Å²) in [5.41, 5.74) is 3.09. The van der Waals surface area contributed by atoms with Crippen LogP contribution in [-0.4, -0.2) is 46.4 Å². The largest absolute Gasteiger partial charge is 2.00 e. The van der Waals surface area contributed by atoms with Crippen molar-refractivity contribution in [3.05, 3.63) is 141 Å². The van der Waals surface area contributed by atoms with Crippen LogP contribution in [0.5, 0.6) is 11.5 Å². The van der Waals surface area contributed by atoms with Gasteiger partial charge in [-0.15, -0.1) is 0 Å². The molecule has 4 aromatic carbocycles. The number of phenolic OH excluding ortho intramolecular Hbond substituents is 2. The zero-order chi connectivity index (χ0) is 39.1. The van der Waals surface area contributed by atoms with E-state index in [4.69, 9.17) is 0 Å². The van der Waals surface area contributed by atoms with Crippen LogP contribution in [-0.2, 0) is 26.7 Å². The van der Waals surface area contributed by atoms with Gasteiger partial charge in [0.25, 0.3) is 0 Å². The summed E-state index contributed by atoms with van der Waals surface area (Å²) in [6.45, 7) is 8.89. The number of carbonyl (C=O) groups excluding carboxylic acids is 4. The van der Waals surface area contributed by atoms with E-state index < -0.39 is 46.7 Å². The molecule has 0 aromatic heterocycles. The second-order valence-corrected chi connectivity index (χ2v) is 13.5. The molecule has 4 N–H and O–H groups in total. The summed E-state index contributed by atoms with van der Waals surface area (Å²) in [6, 6.07) is 21.1. The summed E-state index contributed by atoms with van der Waals surface area (Å²) in [6.07, 6.45) is 3.53. The van der Waals surface area contributed by atoms with E-state index in [2.05, 4.69) is 10.6 Å². The number of ketones is 4. The molecular weight excluding hydrogens is 748 g/mol. The van der Waals surface area contributed by atoms with Gasteiger partial charge in [-0.3, -0.25) is 19.2 Å². The van der Waals surface area contributed by atoms with E-state index in [1.165, 1.54) is 24.3 Å². The molecular formula is C44H44CuN2O8. The van der Waals surface area contributed by atoms with Crippen molar-refractivity contribution in [2.24, 2.45) is 0 Å². The predicted molar refractivity (Wildman–Crippen MR) is 202 cm³/mol. The minimum Gasteiger partial charge on any atom is -0.872 e. The minimum atomic E-state index is -0.839. The van der Waals surface area contributed by atoms with Crippen LogP contribution >= 0.6 is 0 Å². The fourth-order valence-electron chi connectivity index (χ4n) is 6.66. The maximum atomic E-state index is 13.1. The Labute approximate surface area is 331 Å². The molecule has 1 radical (unpaired) electrons. The number of Topliss-reactive ketones (excluding diaryl/α,β-unsaturated/α-hetero) is 4. The van der Waals surface area contributed by atoms with Crippen LogP contribution in [0.15, 0.2) is 96.1 Å². The van der Waals surface area contributed by atoms with Crippen LogP contribution in [0.4, 0.5) is 0 Å². The van der Waals surface area contributed by atoms with Crippen molar-refractivity contribution in [2.75, 3.05) is 13.1 Å². The van der Waals surface area contributed by atoms with Crippen LogP contribution in [0, 0.1) is 13.8 Å². The van der Waals surface area contributed by atoms with Gasteiger partial charge in [-0.25, -0.2) is 0 Å². The van der Waals surface area contributed by atoms with Gasteiger partial charge in [0.2, 0.25) is 23.1 Å². The number of hydrogen-bond acceptors (Lipinski definition) is 10. The van der Waals surface area contributed by atoms with Crippen molar-refractivity contribution in [3.8, 4) is 11.5 Å². The van der Waals surface area contributed by atoms with E-state index in [1.54, 1.807) is 60.7 Å². The SMILES string of the molecule is CCCCNC(C1=C([O-])c2ccccc2C(=O)C1=O)c1cc(C)ccc1O.CCCCNC(C1=C([O-])c2ccccc2C(=O)C1=O)c1cc(C)ccc1O.[Cu+2]. The summed E-state index contributed by atoms with van der Waals surface area (Å²) >= 11 is 0. The molecule has 4 aromatic rings. The predicted octanol–water partition coefficient (Wildman–Crippen LogP) is 5.33. The Hall–Kier alpha value is -5.32.